The quantitative estimate of drug-likeness (QED) is 0.838. The van der Waals surface area contributed by atoms with Crippen LogP contribution in [-0.4, -0.2) is 36.8 Å². The monoisotopic (exact) mass is 307 g/mol. The van der Waals surface area contributed by atoms with Gasteiger partial charge in [-0.1, -0.05) is 6.07 Å². The van der Waals surface area contributed by atoms with E-state index >= 15 is 0 Å². The third kappa shape index (κ3) is 2.84. The van der Waals surface area contributed by atoms with Crippen LogP contribution in [0, 0.1) is 5.92 Å². The highest BCUT2D eigenvalue weighted by Gasteiger charge is 2.41. The van der Waals surface area contributed by atoms with Crippen LogP contribution in [0.1, 0.15) is 30.7 Å². The maximum Gasteiger partial charge on any atom is 0.236 e. The van der Waals surface area contributed by atoms with E-state index in [0.29, 0.717) is 11.7 Å². The molecular weight excluding hydrogens is 286 g/mol. The first kappa shape index (κ1) is 14.6. The van der Waals surface area contributed by atoms with E-state index in [9.17, 15) is 4.79 Å². The van der Waals surface area contributed by atoms with Crippen LogP contribution < -0.4 is 9.47 Å². The van der Waals surface area contributed by atoms with Gasteiger partial charge in [-0.25, -0.2) is 0 Å². The highest BCUT2D eigenvalue weighted by molar-refractivity contribution is 8.01. The molecule has 0 radical (unpaired) electrons. The average Bonchev–Trinajstić information content (AvgIpc) is 3.28. The second kappa shape index (κ2) is 5.79. The molecule has 2 fully saturated rings. The summed E-state index contributed by atoms with van der Waals surface area (Å²) in [5, 5.41) is 0.120. The molecule has 5 heteroatoms. The summed E-state index contributed by atoms with van der Waals surface area (Å²) in [6, 6.07) is 5.93. The van der Waals surface area contributed by atoms with E-state index in [1.165, 1.54) is 12.8 Å². The van der Waals surface area contributed by atoms with Gasteiger partial charge in [0.2, 0.25) is 5.91 Å². The average molecular weight is 307 g/mol. The lowest BCUT2D eigenvalue weighted by molar-refractivity contribution is -0.130. The summed E-state index contributed by atoms with van der Waals surface area (Å²) < 4.78 is 10.7. The number of rotatable bonds is 5. The van der Waals surface area contributed by atoms with Crippen LogP contribution in [0.25, 0.3) is 0 Å². The molecule has 3 rings (SSSR count). The third-order valence-corrected chi connectivity index (χ3v) is 5.49. The Morgan fingerprint density at radius 3 is 2.57 bits per heavy atom. The maximum absolute atomic E-state index is 12.4. The van der Waals surface area contributed by atoms with Gasteiger partial charge in [0.1, 0.15) is 5.37 Å². The van der Waals surface area contributed by atoms with Crippen molar-refractivity contribution in [3.63, 3.8) is 0 Å². The van der Waals surface area contributed by atoms with Crippen LogP contribution >= 0.6 is 11.8 Å². The van der Waals surface area contributed by atoms with Crippen LogP contribution in [0.2, 0.25) is 0 Å². The van der Waals surface area contributed by atoms with Gasteiger partial charge >= 0.3 is 0 Å². The lowest BCUT2D eigenvalue weighted by atomic mass is 10.1. The molecule has 1 aliphatic heterocycles. The van der Waals surface area contributed by atoms with Gasteiger partial charge < -0.3 is 14.4 Å². The summed E-state index contributed by atoms with van der Waals surface area (Å²) >= 11 is 1.72. The molecule has 1 saturated heterocycles. The Hall–Kier alpha value is -1.36. The van der Waals surface area contributed by atoms with Crippen molar-refractivity contribution in [3.8, 4) is 11.5 Å². The van der Waals surface area contributed by atoms with Crippen molar-refractivity contribution in [1.82, 2.24) is 4.90 Å². The number of ether oxygens (including phenoxy) is 2. The Morgan fingerprint density at radius 2 is 1.95 bits per heavy atom. The first-order valence-corrected chi connectivity index (χ1v) is 8.26. The van der Waals surface area contributed by atoms with Gasteiger partial charge in [-0.2, -0.15) is 0 Å². The Balaban J connectivity index is 1.88. The molecule has 0 N–H and O–H groups in total. The van der Waals surface area contributed by atoms with E-state index in [-0.39, 0.29) is 16.5 Å². The van der Waals surface area contributed by atoms with Crippen molar-refractivity contribution in [3.05, 3.63) is 23.8 Å². The van der Waals surface area contributed by atoms with Gasteiger partial charge in [0.15, 0.2) is 11.5 Å². The predicted octanol–water partition coefficient (Wildman–Crippen LogP) is 3.08. The summed E-state index contributed by atoms with van der Waals surface area (Å²) in [7, 11) is 3.27. The Bertz CT molecular complexity index is 544. The summed E-state index contributed by atoms with van der Waals surface area (Å²) in [6.45, 7) is 2.88. The van der Waals surface area contributed by atoms with Gasteiger partial charge in [0.05, 0.1) is 19.5 Å². The molecule has 1 saturated carbocycles. The minimum atomic E-state index is 0.0295. The van der Waals surface area contributed by atoms with Crippen LogP contribution in [0.15, 0.2) is 18.2 Å². The molecule has 4 nitrogen and oxygen atoms in total. The van der Waals surface area contributed by atoms with Gasteiger partial charge in [0.25, 0.3) is 0 Å². The normalized spacial score (nSPS) is 25.3. The predicted molar refractivity (Wildman–Crippen MR) is 83.8 cm³/mol. The molecule has 1 aromatic rings. The molecule has 1 heterocycles. The number of methoxy groups -OCH3 is 2. The maximum atomic E-state index is 12.4. The molecule has 2 unspecified atom stereocenters. The Labute approximate surface area is 129 Å². The fourth-order valence-corrected chi connectivity index (χ4v) is 3.98. The lowest BCUT2D eigenvalue weighted by Gasteiger charge is -2.24. The van der Waals surface area contributed by atoms with Crippen molar-refractivity contribution in [2.45, 2.75) is 30.4 Å². The van der Waals surface area contributed by atoms with Gasteiger partial charge in [-0.3, -0.25) is 4.79 Å². The fourth-order valence-electron chi connectivity index (χ4n) is 2.70. The highest BCUT2D eigenvalue weighted by Crippen LogP contribution is 2.46. The first-order valence-electron chi connectivity index (χ1n) is 7.32. The summed E-state index contributed by atoms with van der Waals surface area (Å²) in [5.74, 6) is 2.39. The molecule has 114 valence electrons. The minimum absolute atomic E-state index is 0.0295. The van der Waals surface area contributed by atoms with Crippen molar-refractivity contribution in [2.24, 2.45) is 5.92 Å². The molecule has 0 aromatic heterocycles. The van der Waals surface area contributed by atoms with Crippen LogP contribution in [0.5, 0.6) is 11.5 Å². The molecule has 1 aliphatic carbocycles. The molecule has 2 atom stereocenters. The summed E-state index contributed by atoms with van der Waals surface area (Å²) in [5.41, 5.74) is 1.11. The van der Waals surface area contributed by atoms with E-state index in [0.717, 1.165) is 17.9 Å². The van der Waals surface area contributed by atoms with E-state index in [1.54, 1.807) is 26.0 Å². The summed E-state index contributed by atoms with van der Waals surface area (Å²) in [4.78, 5) is 14.4. The summed E-state index contributed by atoms with van der Waals surface area (Å²) in [6.07, 6.45) is 2.50. The Kier molecular flexibility index (Phi) is 4.02. The van der Waals surface area contributed by atoms with Gasteiger partial charge in [-0.05, 0) is 43.4 Å². The van der Waals surface area contributed by atoms with E-state index in [1.807, 2.05) is 30.0 Å². The number of benzene rings is 1. The van der Waals surface area contributed by atoms with E-state index in [4.69, 9.17) is 9.47 Å². The van der Waals surface area contributed by atoms with Crippen molar-refractivity contribution < 1.29 is 14.3 Å². The van der Waals surface area contributed by atoms with Gasteiger partial charge in [-0.15, -0.1) is 11.8 Å². The first-order chi connectivity index (χ1) is 10.1. The number of hydrogen-bond donors (Lipinski definition) is 0. The number of nitrogens with zero attached hydrogens (tertiary/aromatic N) is 1. The van der Waals surface area contributed by atoms with Crippen LogP contribution in [0.3, 0.4) is 0 Å². The molecule has 1 amide bonds. The van der Waals surface area contributed by atoms with E-state index in [2.05, 4.69) is 0 Å². The molecule has 21 heavy (non-hydrogen) atoms. The minimum Gasteiger partial charge on any atom is -0.493 e. The molecular formula is C16H21NO3S. The smallest absolute Gasteiger partial charge is 0.236 e. The topological polar surface area (TPSA) is 38.8 Å². The fraction of sp³-hybridized carbons (Fsp3) is 0.562. The molecule has 1 aromatic carbocycles. The second-order valence-corrected chi connectivity index (χ2v) is 7.10. The largest absolute Gasteiger partial charge is 0.493 e. The van der Waals surface area contributed by atoms with Crippen LogP contribution in [0.4, 0.5) is 0 Å². The molecule has 0 bridgehead atoms. The zero-order valence-corrected chi connectivity index (χ0v) is 13.5. The molecule has 0 spiro atoms. The zero-order chi connectivity index (χ0) is 15.0. The number of thioether (sulfide) groups is 1. The van der Waals surface area contributed by atoms with Crippen molar-refractivity contribution in [2.75, 3.05) is 20.8 Å². The van der Waals surface area contributed by atoms with E-state index < -0.39 is 0 Å². The second-order valence-electron chi connectivity index (χ2n) is 5.68. The highest BCUT2D eigenvalue weighted by atomic mass is 32.2. The van der Waals surface area contributed by atoms with Crippen LogP contribution in [-0.2, 0) is 4.79 Å². The lowest BCUT2D eigenvalue weighted by Crippen LogP contribution is -2.32. The Morgan fingerprint density at radius 1 is 1.24 bits per heavy atom. The zero-order valence-electron chi connectivity index (χ0n) is 12.7. The number of carbonyl (C=O) groups is 1. The number of carbonyl (C=O) groups excluding carboxylic acids is 1. The molecule has 2 aliphatic rings. The van der Waals surface area contributed by atoms with Crippen molar-refractivity contribution >= 4 is 17.7 Å². The van der Waals surface area contributed by atoms with Crippen molar-refractivity contribution in [1.29, 1.82) is 0 Å². The SMILES string of the molecule is COc1ccc(C2SC(C)C(=O)N2CC2CC2)cc1OC. The standard InChI is InChI=1S/C16H21NO3S/c1-10-15(18)17(9-11-4-5-11)16(21-10)12-6-7-13(19-2)14(8-12)20-3/h6-8,10-11,16H,4-5,9H2,1-3H3. The van der Waals surface area contributed by atoms with Gasteiger partial charge in [0, 0.05) is 6.54 Å². The number of hydrogen-bond acceptors (Lipinski definition) is 4. The third-order valence-electron chi connectivity index (χ3n) is 4.09. The number of amides is 1.